The Balaban J connectivity index is 1.63. The second kappa shape index (κ2) is 9.18. The van der Waals surface area contributed by atoms with Gasteiger partial charge in [-0.3, -0.25) is 19.7 Å². The second-order valence-corrected chi connectivity index (χ2v) is 8.11. The molecule has 3 aromatic rings. The number of carbonyl (C=O) groups excluding carboxylic acids is 1. The zero-order valence-corrected chi connectivity index (χ0v) is 17.4. The van der Waals surface area contributed by atoms with Crippen LogP contribution in [0, 0.1) is 5.41 Å². The molecule has 5 nitrogen and oxygen atoms in total. The predicted octanol–water partition coefficient (Wildman–Crippen LogP) is 3.71. The van der Waals surface area contributed by atoms with Crippen LogP contribution in [-0.4, -0.2) is 40.9 Å². The summed E-state index contributed by atoms with van der Waals surface area (Å²) in [5.74, 6) is 0.124. The number of amides is 1. The maximum Gasteiger partial charge on any atom is 0.227 e. The highest BCUT2D eigenvalue weighted by Crippen LogP contribution is 2.37. The molecule has 0 saturated carbocycles. The number of benzene rings is 1. The number of pyridine rings is 2. The molecular formula is C25H28N4O. The highest BCUT2D eigenvalue weighted by Gasteiger charge is 2.42. The van der Waals surface area contributed by atoms with E-state index in [4.69, 9.17) is 0 Å². The fourth-order valence-electron chi connectivity index (χ4n) is 4.63. The van der Waals surface area contributed by atoms with E-state index in [-0.39, 0.29) is 5.91 Å². The molecule has 1 saturated heterocycles. The van der Waals surface area contributed by atoms with Crippen LogP contribution in [0.25, 0.3) is 11.1 Å². The summed E-state index contributed by atoms with van der Waals surface area (Å²) in [5.41, 5.74) is 4.16. The average molecular weight is 401 g/mol. The third-order valence-corrected chi connectivity index (χ3v) is 6.01. The van der Waals surface area contributed by atoms with Gasteiger partial charge < -0.3 is 5.32 Å². The van der Waals surface area contributed by atoms with Crippen LogP contribution in [0.3, 0.4) is 0 Å². The lowest BCUT2D eigenvalue weighted by atomic mass is 9.73. The number of hydrogen-bond acceptors (Lipinski definition) is 4. The molecule has 0 radical (unpaired) electrons. The highest BCUT2D eigenvalue weighted by molar-refractivity contribution is 5.83. The lowest BCUT2D eigenvalue weighted by Gasteiger charge is -2.42. The standard InChI is InChI=1S/C25H28N4O/c1-26-24(30)25(11-6-14-29(19-25)18-20-7-4-12-27-16-20)15-21-8-2-3-10-23(21)22-9-5-13-28-17-22/h2-5,7-10,12-13,16-17H,6,11,14-15,18-19H2,1H3,(H,26,30)/t25-/m0/s1. The Labute approximate surface area is 178 Å². The van der Waals surface area contributed by atoms with Crippen LogP contribution in [0.2, 0.25) is 0 Å². The summed E-state index contributed by atoms with van der Waals surface area (Å²) in [6.07, 6.45) is 9.98. The van der Waals surface area contributed by atoms with Gasteiger partial charge in [0.15, 0.2) is 0 Å². The van der Waals surface area contributed by atoms with Crippen LogP contribution in [0.4, 0.5) is 0 Å². The van der Waals surface area contributed by atoms with Crippen LogP contribution in [0.15, 0.2) is 73.3 Å². The Morgan fingerprint density at radius 2 is 1.87 bits per heavy atom. The summed E-state index contributed by atoms with van der Waals surface area (Å²) in [6.45, 7) is 2.55. The van der Waals surface area contributed by atoms with Gasteiger partial charge in [-0.2, -0.15) is 0 Å². The number of carbonyl (C=O) groups is 1. The minimum absolute atomic E-state index is 0.124. The second-order valence-electron chi connectivity index (χ2n) is 8.11. The van der Waals surface area contributed by atoms with Crippen LogP contribution < -0.4 is 5.32 Å². The summed E-state index contributed by atoms with van der Waals surface area (Å²) in [4.78, 5) is 24.1. The summed E-state index contributed by atoms with van der Waals surface area (Å²) in [7, 11) is 1.75. The first-order valence-electron chi connectivity index (χ1n) is 10.5. The van der Waals surface area contributed by atoms with Crippen LogP contribution in [0.5, 0.6) is 0 Å². The Kier molecular flexibility index (Phi) is 6.19. The molecule has 0 unspecified atom stereocenters. The number of aromatic nitrogens is 2. The van der Waals surface area contributed by atoms with Crippen molar-refractivity contribution >= 4 is 5.91 Å². The fraction of sp³-hybridized carbons (Fsp3) is 0.320. The molecule has 2 aromatic heterocycles. The number of nitrogens with zero attached hydrogens (tertiary/aromatic N) is 3. The molecule has 1 fully saturated rings. The molecule has 0 spiro atoms. The minimum atomic E-state index is -0.451. The summed E-state index contributed by atoms with van der Waals surface area (Å²) >= 11 is 0. The lowest BCUT2D eigenvalue weighted by Crippen LogP contribution is -2.52. The first-order chi connectivity index (χ1) is 14.7. The molecule has 5 heteroatoms. The van der Waals surface area contributed by atoms with E-state index in [0.29, 0.717) is 6.42 Å². The topological polar surface area (TPSA) is 58.1 Å². The zero-order valence-electron chi connectivity index (χ0n) is 17.4. The molecule has 4 rings (SSSR count). The van der Waals surface area contributed by atoms with Gasteiger partial charge in [0.1, 0.15) is 0 Å². The third-order valence-electron chi connectivity index (χ3n) is 6.01. The molecule has 0 aliphatic carbocycles. The van der Waals surface area contributed by atoms with E-state index >= 15 is 0 Å². The molecule has 1 aliphatic rings. The molecule has 1 N–H and O–H groups in total. The van der Waals surface area contributed by atoms with Gasteiger partial charge in [0, 0.05) is 50.5 Å². The van der Waals surface area contributed by atoms with E-state index in [1.54, 1.807) is 19.4 Å². The van der Waals surface area contributed by atoms with Crippen LogP contribution in [0.1, 0.15) is 24.0 Å². The van der Waals surface area contributed by atoms with E-state index < -0.39 is 5.41 Å². The smallest absolute Gasteiger partial charge is 0.227 e. The predicted molar refractivity (Wildman–Crippen MR) is 119 cm³/mol. The van der Waals surface area contributed by atoms with Crippen molar-refractivity contribution in [1.29, 1.82) is 0 Å². The van der Waals surface area contributed by atoms with Crippen LogP contribution >= 0.6 is 0 Å². The maximum absolute atomic E-state index is 13.2. The zero-order chi connectivity index (χ0) is 20.8. The highest BCUT2D eigenvalue weighted by atomic mass is 16.2. The molecule has 1 aliphatic heterocycles. The largest absolute Gasteiger partial charge is 0.359 e. The number of likely N-dealkylation sites (tertiary alicyclic amines) is 1. The number of piperidine rings is 1. The van der Waals surface area contributed by atoms with Gasteiger partial charge in [0.05, 0.1) is 5.41 Å². The Hall–Kier alpha value is -3.05. The quantitative estimate of drug-likeness (QED) is 0.685. The van der Waals surface area contributed by atoms with Crippen molar-refractivity contribution in [2.24, 2.45) is 5.41 Å². The molecule has 0 bridgehead atoms. The summed E-state index contributed by atoms with van der Waals surface area (Å²) in [5, 5.41) is 2.95. The van der Waals surface area contributed by atoms with Crippen molar-refractivity contribution in [2.45, 2.75) is 25.8 Å². The van der Waals surface area contributed by atoms with Crippen molar-refractivity contribution in [3.63, 3.8) is 0 Å². The number of hydrogen-bond donors (Lipinski definition) is 1. The first-order valence-corrected chi connectivity index (χ1v) is 10.5. The van der Waals surface area contributed by atoms with Gasteiger partial charge in [0.2, 0.25) is 5.91 Å². The molecule has 154 valence electrons. The van der Waals surface area contributed by atoms with Crippen molar-refractivity contribution < 1.29 is 4.79 Å². The molecule has 1 aromatic carbocycles. The van der Waals surface area contributed by atoms with E-state index in [1.165, 1.54) is 11.1 Å². The van der Waals surface area contributed by atoms with Gasteiger partial charge in [-0.05, 0) is 54.6 Å². The molecule has 1 amide bonds. The van der Waals surface area contributed by atoms with Crippen molar-refractivity contribution in [3.05, 3.63) is 84.4 Å². The van der Waals surface area contributed by atoms with Crippen molar-refractivity contribution in [3.8, 4) is 11.1 Å². The van der Waals surface area contributed by atoms with Gasteiger partial charge >= 0.3 is 0 Å². The van der Waals surface area contributed by atoms with E-state index in [2.05, 4.69) is 50.5 Å². The minimum Gasteiger partial charge on any atom is -0.359 e. The summed E-state index contributed by atoms with van der Waals surface area (Å²) in [6, 6.07) is 16.5. The fourth-order valence-corrected chi connectivity index (χ4v) is 4.63. The molecule has 3 heterocycles. The first kappa shape index (κ1) is 20.2. The molecule has 1 atom stereocenters. The SMILES string of the molecule is CNC(=O)[C@]1(Cc2ccccc2-c2cccnc2)CCCN(Cc2cccnc2)C1. The number of nitrogens with one attached hydrogen (secondary N) is 1. The Morgan fingerprint density at radius 3 is 2.60 bits per heavy atom. The van der Waals surface area contributed by atoms with Gasteiger partial charge in [-0.1, -0.05) is 36.4 Å². The van der Waals surface area contributed by atoms with E-state index in [9.17, 15) is 4.79 Å². The Morgan fingerprint density at radius 1 is 1.07 bits per heavy atom. The van der Waals surface area contributed by atoms with Crippen LogP contribution in [-0.2, 0) is 17.8 Å². The van der Waals surface area contributed by atoms with Gasteiger partial charge in [-0.25, -0.2) is 0 Å². The normalized spacial score (nSPS) is 19.4. The maximum atomic E-state index is 13.2. The van der Waals surface area contributed by atoms with Crippen molar-refractivity contribution in [1.82, 2.24) is 20.2 Å². The van der Waals surface area contributed by atoms with Gasteiger partial charge in [-0.15, -0.1) is 0 Å². The van der Waals surface area contributed by atoms with Crippen molar-refractivity contribution in [2.75, 3.05) is 20.1 Å². The van der Waals surface area contributed by atoms with E-state index in [0.717, 1.165) is 43.6 Å². The monoisotopic (exact) mass is 400 g/mol. The van der Waals surface area contributed by atoms with Gasteiger partial charge in [0.25, 0.3) is 0 Å². The van der Waals surface area contributed by atoms with E-state index in [1.807, 2.05) is 30.6 Å². The molecular weight excluding hydrogens is 372 g/mol. The lowest BCUT2D eigenvalue weighted by molar-refractivity contribution is -0.134. The average Bonchev–Trinajstić information content (AvgIpc) is 2.80. The third kappa shape index (κ3) is 4.41. The molecule has 30 heavy (non-hydrogen) atoms. The Bertz CT molecular complexity index is 977. The summed E-state index contributed by atoms with van der Waals surface area (Å²) < 4.78 is 0. The number of rotatable bonds is 6.